The molecule has 0 spiro atoms. The van der Waals surface area contributed by atoms with E-state index >= 15 is 0 Å². The third-order valence-corrected chi connectivity index (χ3v) is 3.97. The van der Waals surface area contributed by atoms with Crippen molar-refractivity contribution in [3.8, 4) is 23.0 Å². The first-order chi connectivity index (χ1) is 12.9. The van der Waals surface area contributed by atoms with Gasteiger partial charge in [-0.15, -0.1) is 0 Å². The predicted octanol–water partition coefficient (Wildman–Crippen LogP) is 4.10. The molecule has 0 amide bonds. The molecule has 5 heteroatoms. The van der Waals surface area contributed by atoms with Crippen LogP contribution >= 0.6 is 0 Å². The summed E-state index contributed by atoms with van der Waals surface area (Å²) in [7, 11) is 0. The van der Waals surface area contributed by atoms with Crippen LogP contribution in [0.3, 0.4) is 0 Å². The van der Waals surface area contributed by atoms with E-state index in [1.807, 2.05) is 48.5 Å². The average Bonchev–Trinajstić information content (AvgIpc) is 2.68. The van der Waals surface area contributed by atoms with Crippen LogP contribution in [0.2, 0.25) is 0 Å². The second kappa shape index (κ2) is 10.6. The first-order valence-corrected chi connectivity index (χ1v) is 9.20. The van der Waals surface area contributed by atoms with Crippen molar-refractivity contribution >= 4 is 0 Å². The molecular weight excluding hydrogens is 332 g/mol. The van der Waals surface area contributed by atoms with Gasteiger partial charge in [-0.2, -0.15) is 0 Å². The van der Waals surface area contributed by atoms with Crippen LogP contribution < -0.4 is 18.9 Å². The van der Waals surface area contributed by atoms with Gasteiger partial charge in [0.15, 0.2) is 23.0 Å². The number of fused-ring (bicyclic) bond motifs is 2. The van der Waals surface area contributed by atoms with Gasteiger partial charge >= 0.3 is 0 Å². The van der Waals surface area contributed by atoms with Crippen LogP contribution in [0.25, 0.3) is 0 Å². The van der Waals surface area contributed by atoms with Crippen molar-refractivity contribution in [1.29, 1.82) is 0 Å². The summed E-state index contributed by atoms with van der Waals surface area (Å²) in [5.74, 6) is 3.07. The number of para-hydroxylation sites is 4. The Morgan fingerprint density at radius 1 is 0.423 bits per heavy atom. The minimum atomic E-state index is 0.472. The Hall–Kier alpha value is -2.40. The number of benzene rings is 2. The summed E-state index contributed by atoms with van der Waals surface area (Å²) in [4.78, 5) is 0. The van der Waals surface area contributed by atoms with Crippen molar-refractivity contribution in [3.63, 3.8) is 0 Å². The van der Waals surface area contributed by atoms with Crippen molar-refractivity contribution in [2.24, 2.45) is 0 Å². The fourth-order valence-electron chi connectivity index (χ4n) is 2.65. The zero-order valence-electron chi connectivity index (χ0n) is 15.0. The van der Waals surface area contributed by atoms with Crippen molar-refractivity contribution in [2.75, 3.05) is 39.6 Å². The van der Waals surface area contributed by atoms with Gasteiger partial charge in [-0.3, -0.25) is 0 Å². The maximum Gasteiger partial charge on any atom is 0.161 e. The highest BCUT2D eigenvalue weighted by atomic mass is 16.6. The van der Waals surface area contributed by atoms with Crippen LogP contribution in [0, 0.1) is 0 Å². The van der Waals surface area contributed by atoms with E-state index in [-0.39, 0.29) is 0 Å². The van der Waals surface area contributed by atoms with Crippen LogP contribution in [0.4, 0.5) is 0 Å². The lowest BCUT2D eigenvalue weighted by Gasteiger charge is -2.15. The molecule has 0 radical (unpaired) electrons. The van der Waals surface area contributed by atoms with E-state index in [1.165, 1.54) is 0 Å². The predicted molar refractivity (Wildman–Crippen MR) is 99.5 cm³/mol. The summed E-state index contributed by atoms with van der Waals surface area (Å²) in [5.41, 5.74) is 0. The third kappa shape index (κ3) is 5.85. The summed E-state index contributed by atoms with van der Waals surface area (Å²) >= 11 is 0. The molecule has 0 bridgehead atoms. The van der Waals surface area contributed by atoms with Gasteiger partial charge in [-0.05, 0) is 43.5 Å². The molecule has 2 aromatic rings. The molecule has 0 unspecified atom stereocenters. The van der Waals surface area contributed by atoms with Crippen LogP contribution in [0.5, 0.6) is 23.0 Å². The number of rotatable bonds is 0. The molecule has 0 aliphatic carbocycles. The van der Waals surface area contributed by atoms with Gasteiger partial charge in [0.05, 0.1) is 26.4 Å². The normalized spacial score (nSPS) is 16.9. The Bertz CT molecular complexity index is 547. The minimum absolute atomic E-state index is 0.472. The van der Waals surface area contributed by atoms with Crippen LogP contribution in [0.1, 0.15) is 19.3 Å². The van der Waals surface area contributed by atoms with E-state index in [9.17, 15) is 0 Å². The summed E-state index contributed by atoms with van der Waals surface area (Å²) < 4.78 is 28.9. The van der Waals surface area contributed by atoms with E-state index in [0.717, 1.165) is 42.3 Å². The maximum atomic E-state index is 5.86. The highest BCUT2D eigenvalue weighted by Crippen LogP contribution is 2.28. The Kier molecular flexibility index (Phi) is 7.47. The Balaban J connectivity index is 1.56. The largest absolute Gasteiger partial charge is 0.490 e. The molecule has 0 atom stereocenters. The van der Waals surface area contributed by atoms with Gasteiger partial charge in [-0.1, -0.05) is 24.3 Å². The molecule has 1 heterocycles. The smallest absolute Gasteiger partial charge is 0.161 e. The number of ether oxygens (including phenoxy) is 5. The molecule has 0 fully saturated rings. The minimum Gasteiger partial charge on any atom is -0.490 e. The fourth-order valence-corrected chi connectivity index (χ4v) is 2.65. The molecule has 1 aliphatic rings. The molecule has 140 valence electrons. The van der Waals surface area contributed by atoms with Crippen LogP contribution in [-0.2, 0) is 4.74 Å². The van der Waals surface area contributed by atoms with Gasteiger partial charge in [0.2, 0.25) is 0 Å². The molecule has 26 heavy (non-hydrogen) atoms. The van der Waals surface area contributed by atoms with E-state index in [2.05, 4.69) is 0 Å². The average molecular weight is 358 g/mol. The first-order valence-electron chi connectivity index (χ1n) is 9.20. The Labute approximate surface area is 154 Å². The molecular formula is C21H26O5. The number of hydrogen-bond acceptors (Lipinski definition) is 5. The zero-order chi connectivity index (χ0) is 17.9. The summed E-state index contributed by atoms with van der Waals surface area (Å²) in [6.07, 6.45) is 2.98. The summed E-state index contributed by atoms with van der Waals surface area (Å²) in [5, 5.41) is 0. The van der Waals surface area contributed by atoms with Gasteiger partial charge in [0.25, 0.3) is 0 Å². The van der Waals surface area contributed by atoms with E-state index in [0.29, 0.717) is 39.6 Å². The molecule has 0 N–H and O–H groups in total. The van der Waals surface area contributed by atoms with Crippen molar-refractivity contribution in [2.45, 2.75) is 19.3 Å². The molecule has 3 rings (SSSR count). The molecule has 0 saturated heterocycles. The van der Waals surface area contributed by atoms with Crippen molar-refractivity contribution in [1.82, 2.24) is 0 Å². The Morgan fingerprint density at radius 3 is 1.23 bits per heavy atom. The van der Waals surface area contributed by atoms with Gasteiger partial charge in [-0.25, -0.2) is 0 Å². The monoisotopic (exact) mass is 358 g/mol. The Morgan fingerprint density at radius 2 is 0.808 bits per heavy atom. The van der Waals surface area contributed by atoms with E-state index in [4.69, 9.17) is 23.7 Å². The SMILES string of the molecule is c1ccc2c(c1)OCCCCCOc1ccccc1OCCOCCO2. The van der Waals surface area contributed by atoms with Crippen LogP contribution in [0.15, 0.2) is 48.5 Å². The second-order valence-electron chi connectivity index (χ2n) is 5.96. The molecule has 0 aromatic heterocycles. The van der Waals surface area contributed by atoms with E-state index < -0.39 is 0 Å². The topological polar surface area (TPSA) is 46.2 Å². The summed E-state index contributed by atoms with van der Waals surface area (Å²) in [6, 6.07) is 15.5. The third-order valence-electron chi connectivity index (χ3n) is 3.97. The lowest BCUT2D eigenvalue weighted by atomic mass is 10.2. The van der Waals surface area contributed by atoms with Crippen molar-refractivity contribution < 1.29 is 23.7 Å². The van der Waals surface area contributed by atoms with Crippen LogP contribution in [-0.4, -0.2) is 39.6 Å². The van der Waals surface area contributed by atoms with Gasteiger partial charge in [0.1, 0.15) is 13.2 Å². The zero-order valence-corrected chi connectivity index (χ0v) is 15.0. The highest BCUT2D eigenvalue weighted by Gasteiger charge is 2.06. The molecule has 5 nitrogen and oxygen atoms in total. The molecule has 2 aromatic carbocycles. The maximum absolute atomic E-state index is 5.86. The number of hydrogen-bond donors (Lipinski definition) is 0. The standard InChI is InChI=1S/C21H26O5/c1-6-12-23-18-8-2-4-10-20(18)25-16-14-22-15-17-26-21-11-5-3-9-19(21)24-13-7-1/h2-5,8-11H,1,6-7,12-17H2. The van der Waals surface area contributed by atoms with Gasteiger partial charge < -0.3 is 23.7 Å². The lowest BCUT2D eigenvalue weighted by molar-refractivity contribution is 0.0744. The van der Waals surface area contributed by atoms with Gasteiger partial charge in [0, 0.05) is 0 Å². The molecule has 1 aliphatic heterocycles. The highest BCUT2D eigenvalue weighted by molar-refractivity contribution is 5.40. The lowest BCUT2D eigenvalue weighted by Crippen LogP contribution is -2.13. The first kappa shape index (κ1) is 18.4. The summed E-state index contributed by atoms with van der Waals surface area (Å²) in [6.45, 7) is 3.26. The molecule has 0 saturated carbocycles. The second-order valence-corrected chi connectivity index (χ2v) is 5.96. The fraction of sp³-hybridized carbons (Fsp3) is 0.429. The quantitative estimate of drug-likeness (QED) is 0.709. The van der Waals surface area contributed by atoms with Crippen molar-refractivity contribution in [3.05, 3.63) is 48.5 Å². The van der Waals surface area contributed by atoms with E-state index in [1.54, 1.807) is 0 Å².